The zero-order chi connectivity index (χ0) is 42.5. The first-order valence-corrected chi connectivity index (χ1v) is 25.3. The molecule has 4 N–H and O–H groups in total. The largest absolute Gasteiger partial charge is 0.512 e. The zero-order valence-electron chi connectivity index (χ0n) is 38.6. The van der Waals surface area contributed by atoms with Crippen LogP contribution in [0.5, 0.6) is 0 Å². The highest BCUT2D eigenvalue weighted by atomic mass is 16.8. The molecule has 0 aromatic heterocycles. The third-order valence-electron chi connectivity index (χ3n) is 12.3. The van der Waals surface area contributed by atoms with Gasteiger partial charge in [0.1, 0.15) is 0 Å². The van der Waals surface area contributed by atoms with Crippen molar-refractivity contribution in [3.63, 3.8) is 0 Å². The van der Waals surface area contributed by atoms with Crippen LogP contribution < -0.4 is 0 Å². The van der Waals surface area contributed by atoms with Crippen molar-refractivity contribution in [1.29, 1.82) is 0 Å². The van der Waals surface area contributed by atoms with Gasteiger partial charge in [0.2, 0.25) is 0 Å². The molecule has 2 aliphatic carbocycles. The highest BCUT2D eigenvalue weighted by Gasteiger charge is 2.32. The van der Waals surface area contributed by atoms with Gasteiger partial charge in [-0.3, -0.25) is 0 Å². The van der Waals surface area contributed by atoms with Gasteiger partial charge < -0.3 is 34.6 Å². The smallest absolute Gasteiger partial charge is 0.195 e. The van der Waals surface area contributed by atoms with Gasteiger partial charge in [-0.25, -0.2) is 0 Å². The molecule has 0 aliphatic heterocycles. The molecule has 7 nitrogen and oxygen atoms in total. The van der Waals surface area contributed by atoms with Gasteiger partial charge >= 0.3 is 0 Å². The molecule has 0 saturated carbocycles. The second-order valence-corrected chi connectivity index (χ2v) is 18.3. The Morgan fingerprint density at radius 1 is 0.390 bits per heavy atom. The van der Waals surface area contributed by atoms with Crippen LogP contribution in [0.2, 0.25) is 0 Å². The van der Waals surface area contributed by atoms with Gasteiger partial charge in [-0.15, -0.1) is 0 Å². The van der Waals surface area contributed by atoms with Crippen molar-refractivity contribution in [2.45, 2.75) is 269 Å². The molecule has 2 atom stereocenters. The van der Waals surface area contributed by atoms with Crippen LogP contribution in [0.4, 0.5) is 0 Å². The van der Waals surface area contributed by atoms with Gasteiger partial charge in [0, 0.05) is 0 Å². The van der Waals surface area contributed by atoms with E-state index in [0.29, 0.717) is 0 Å². The predicted octanol–water partition coefficient (Wildman–Crippen LogP) is 16.0. The molecule has 0 heterocycles. The molecule has 0 amide bonds. The summed E-state index contributed by atoms with van der Waals surface area (Å²) in [6.07, 6.45) is 53.5. The number of aliphatic hydroxyl groups is 4. The van der Waals surface area contributed by atoms with Crippen LogP contribution >= 0.6 is 0 Å². The number of allylic oxidation sites excluding steroid dienone is 4. The highest BCUT2D eigenvalue weighted by Crippen LogP contribution is 2.31. The minimum atomic E-state index is -1.66. The molecule has 0 aromatic carbocycles. The summed E-state index contributed by atoms with van der Waals surface area (Å²) in [6.45, 7) is 4.00. The van der Waals surface area contributed by atoms with Gasteiger partial charge in [0.15, 0.2) is 25.2 Å². The van der Waals surface area contributed by atoms with Crippen molar-refractivity contribution in [3.8, 4) is 0 Å². The van der Waals surface area contributed by atoms with E-state index in [4.69, 9.17) is 14.2 Å². The summed E-state index contributed by atoms with van der Waals surface area (Å²) in [7, 11) is 0. The summed E-state index contributed by atoms with van der Waals surface area (Å²) >= 11 is 0. The van der Waals surface area contributed by atoms with Crippen LogP contribution in [-0.2, 0) is 14.2 Å². The topological polar surface area (TPSA) is 109 Å². The first kappa shape index (κ1) is 53.5. The monoisotopic (exact) mass is 831 g/mol. The van der Waals surface area contributed by atoms with Gasteiger partial charge in [-0.2, -0.15) is 0 Å². The molecule has 0 fully saturated rings. The molecular formula is C52H94O7. The molecular weight excluding hydrogens is 737 g/mol. The number of hydrogen-bond donors (Lipinski definition) is 4. The number of hydrogen-bond acceptors (Lipinski definition) is 7. The lowest BCUT2D eigenvalue weighted by Gasteiger charge is -2.30. The van der Waals surface area contributed by atoms with Crippen LogP contribution in [0.15, 0.2) is 47.0 Å². The Hall–Kier alpha value is -1.64. The first-order chi connectivity index (χ1) is 28.8. The SMILES string of the molecule is CCCCCCCCCCCCCCCCCCCC1=CC(O)(OCOCOC2(O)C=C(CCCCCCCCCCCCCCCCCCC)C=C(O)C2)CC(O)=C1. The fraction of sp³-hybridized carbons (Fsp3) is 0.846. The zero-order valence-corrected chi connectivity index (χ0v) is 38.6. The Bertz CT molecular complexity index is 1040. The molecule has 2 unspecified atom stereocenters. The molecule has 59 heavy (non-hydrogen) atoms. The third-order valence-corrected chi connectivity index (χ3v) is 12.3. The summed E-state index contributed by atoms with van der Waals surface area (Å²) in [5.74, 6) is -3.15. The highest BCUT2D eigenvalue weighted by molar-refractivity contribution is 5.30. The van der Waals surface area contributed by atoms with Crippen LogP contribution in [0.25, 0.3) is 0 Å². The van der Waals surface area contributed by atoms with E-state index in [9.17, 15) is 20.4 Å². The van der Waals surface area contributed by atoms with E-state index in [1.807, 2.05) is 0 Å². The molecule has 7 heteroatoms. The Morgan fingerprint density at radius 3 is 0.881 bits per heavy atom. The van der Waals surface area contributed by atoms with Crippen molar-refractivity contribution in [2.24, 2.45) is 0 Å². The van der Waals surface area contributed by atoms with Crippen molar-refractivity contribution >= 4 is 0 Å². The summed E-state index contributed by atoms with van der Waals surface area (Å²) in [5.41, 5.74) is 1.73. The van der Waals surface area contributed by atoms with Crippen molar-refractivity contribution in [1.82, 2.24) is 0 Å². The van der Waals surface area contributed by atoms with E-state index in [2.05, 4.69) is 13.8 Å². The fourth-order valence-corrected chi connectivity index (χ4v) is 8.72. The molecule has 2 rings (SSSR count). The maximum Gasteiger partial charge on any atom is 0.195 e. The Balaban J connectivity index is 1.49. The van der Waals surface area contributed by atoms with Crippen LogP contribution in [0.3, 0.4) is 0 Å². The summed E-state index contributed by atoms with van der Waals surface area (Å²) in [4.78, 5) is 0. The number of ether oxygens (including phenoxy) is 3. The molecule has 0 aromatic rings. The molecule has 0 radical (unpaired) electrons. The van der Waals surface area contributed by atoms with Crippen molar-refractivity contribution in [3.05, 3.63) is 47.0 Å². The van der Waals surface area contributed by atoms with Crippen LogP contribution in [0, 0.1) is 0 Å². The number of rotatable bonds is 42. The average molecular weight is 831 g/mol. The van der Waals surface area contributed by atoms with Crippen molar-refractivity contribution in [2.75, 3.05) is 13.6 Å². The van der Waals surface area contributed by atoms with Gasteiger partial charge in [-0.1, -0.05) is 219 Å². The standard InChI is InChI=1S/C52H94O7/c1-3-5-7-9-11-13-15-17-19-21-23-25-27-29-31-33-35-37-47-39-49(53)43-51(55,41-47)58-45-57-46-59-52(56)42-48(40-50(54)44-52)38-36-34-32-30-28-26-24-22-20-18-16-14-12-10-8-6-4-2/h39-42,53-56H,3-38,43-46H2,1-2H3. The molecule has 0 spiro atoms. The lowest BCUT2D eigenvalue weighted by molar-refractivity contribution is -0.271. The molecule has 0 bridgehead atoms. The summed E-state index contributed by atoms with van der Waals surface area (Å²) in [5, 5.41) is 42.8. The van der Waals surface area contributed by atoms with Gasteiger partial charge in [-0.05, 0) is 61.1 Å². The number of aliphatic hydroxyl groups excluding tert-OH is 2. The second kappa shape index (κ2) is 35.9. The number of unbranched alkanes of at least 4 members (excludes halogenated alkanes) is 32. The fourth-order valence-electron chi connectivity index (χ4n) is 8.72. The van der Waals surface area contributed by atoms with Gasteiger partial charge in [0.25, 0.3) is 0 Å². The third kappa shape index (κ3) is 30.1. The van der Waals surface area contributed by atoms with Crippen molar-refractivity contribution < 1.29 is 34.6 Å². The first-order valence-electron chi connectivity index (χ1n) is 25.3. The minimum Gasteiger partial charge on any atom is -0.512 e. The Kier molecular flexibility index (Phi) is 32.6. The molecule has 2 aliphatic rings. The quantitative estimate of drug-likeness (QED) is 0.0358. The van der Waals surface area contributed by atoms with Gasteiger partial charge in [0.05, 0.1) is 24.4 Å². The van der Waals surface area contributed by atoms with E-state index in [1.54, 1.807) is 24.3 Å². The van der Waals surface area contributed by atoms with E-state index in [1.165, 1.54) is 193 Å². The summed E-state index contributed by atoms with van der Waals surface area (Å²) in [6, 6.07) is 0. The lowest BCUT2D eigenvalue weighted by atomic mass is 9.95. The lowest BCUT2D eigenvalue weighted by Crippen LogP contribution is -2.36. The van der Waals surface area contributed by atoms with Crippen LogP contribution in [-0.4, -0.2) is 45.6 Å². The predicted molar refractivity (Wildman–Crippen MR) is 247 cm³/mol. The van der Waals surface area contributed by atoms with E-state index >= 15 is 0 Å². The van der Waals surface area contributed by atoms with E-state index < -0.39 is 11.6 Å². The molecule has 344 valence electrons. The Morgan fingerprint density at radius 2 is 0.627 bits per heavy atom. The average Bonchev–Trinajstić information content (AvgIpc) is 3.19. The maximum atomic E-state index is 11.0. The Labute approximate surface area is 363 Å². The normalized spacial score (nSPS) is 19.5. The maximum absolute atomic E-state index is 11.0. The van der Waals surface area contributed by atoms with Crippen LogP contribution in [0.1, 0.15) is 258 Å². The summed E-state index contributed by atoms with van der Waals surface area (Å²) < 4.78 is 16.7. The minimum absolute atomic E-state index is 0.0478. The second-order valence-electron chi connectivity index (χ2n) is 18.3. The van der Waals surface area contributed by atoms with E-state index in [0.717, 1.165) is 49.7 Å². The molecule has 0 saturated heterocycles. The van der Waals surface area contributed by atoms with E-state index in [-0.39, 0.29) is 37.9 Å².